The molecule has 0 bridgehead atoms. The van der Waals surface area contributed by atoms with Gasteiger partial charge in [0.05, 0.1) is 9.75 Å². The van der Waals surface area contributed by atoms with Crippen LogP contribution in [0, 0.1) is 6.92 Å². The molecular weight excluding hydrogens is 256 g/mol. The van der Waals surface area contributed by atoms with E-state index < -0.39 is 0 Å². The van der Waals surface area contributed by atoms with E-state index in [-0.39, 0.29) is 11.7 Å². The van der Waals surface area contributed by atoms with Crippen LogP contribution in [0.3, 0.4) is 0 Å². The van der Waals surface area contributed by atoms with Gasteiger partial charge >= 0.3 is 0 Å². The number of anilines is 1. The molecule has 0 fully saturated rings. The highest BCUT2D eigenvalue weighted by atomic mass is 32.1. The first kappa shape index (κ1) is 11.9. The van der Waals surface area contributed by atoms with Crippen LogP contribution >= 0.6 is 22.7 Å². The van der Waals surface area contributed by atoms with Gasteiger partial charge in [0, 0.05) is 11.1 Å². The molecule has 0 aliphatic rings. The van der Waals surface area contributed by atoms with E-state index in [0.29, 0.717) is 14.9 Å². The van der Waals surface area contributed by atoms with Crippen LogP contribution in [0.2, 0.25) is 0 Å². The quantitative estimate of drug-likeness (QED) is 0.869. The third-order valence-corrected chi connectivity index (χ3v) is 4.03. The van der Waals surface area contributed by atoms with Crippen molar-refractivity contribution in [3.8, 4) is 0 Å². The average molecular weight is 266 g/mol. The van der Waals surface area contributed by atoms with Gasteiger partial charge in [-0.25, -0.2) is 4.98 Å². The first-order valence-corrected chi connectivity index (χ1v) is 6.54. The van der Waals surface area contributed by atoms with Crippen molar-refractivity contribution in [1.82, 2.24) is 4.98 Å². The Morgan fingerprint density at radius 2 is 1.94 bits per heavy atom. The van der Waals surface area contributed by atoms with E-state index in [1.165, 1.54) is 29.6 Å². The molecule has 88 valence electrons. The number of thiazole rings is 1. The number of amides is 1. The molecule has 0 aliphatic carbocycles. The van der Waals surface area contributed by atoms with Crippen molar-refractivity contribution in [1.29, 1.82) is 0 Å². The van der Waals surface area contributed by atoms with Gasteiger partial charge < -0.3 is 0 Å². The second kappa shape index (κ2) is 4.77. The summed E-state index contributed by atoms with van der Waals surface area (Å²) in [4.78, 5) is 29.1. The molecule has 1 amide bonds. The Morgan fingerprint density at radius 1 is 1.24 bits per heavy atom. The molecule has 0 aromatic carbocycles. The molecule has 2 heterocycles. The fraction of sp³-hybridized carbons (Fsp3) is 0.182. The van der Waals surface area contributed by atoms with Gasteiger partial charge in [-0.05, 0) is 26.0 Å². The summed E-state index contributed by atoms with van der Waals surface area (Å²) >= 11 is 2.61. The number of nitrogens with one attached hydrogen (secondary N) is 1. The van der Waals surface area contributed by atoms with Crippen LogP contribution in [0.5, 0.6) is 0 Å². The third kappa shape index (κ3) is 2.78. The summed E-state index contributed by atoms with van der Waals surface area (Å²) in [6.45, 7) is 3.41. The van der Waals surface area contributed by atoms with E-state index in [1.54, 1.807) is 18.3 Å². The summed E-state index contributed by atoms with van der Waals surface area (Å²) in [7, 11) is 0. The number of rotatable bonds is 3. The van der Waals surface area contributed by atoms with Crippen LogP contribution in [-0.4, -0.2) is 16.7 Å². The maximum atomic E-state index is 11.8. The second-order valence-electron chi connectivity index (χ2n) is 3.45. The minimum atomic E-state index is -0.225. The first-order valence-electron chi connectivity index (χ1n) is 4.91. The number of thiophene rings is 1. The molecule has 2 aromatic heterocycles. The zero-order valence-electron chi connectivity index (χ0n) is 9.31. The summed E-state index contributed by atoms with van der Waals surface area (Å²) < 4.78 is 0. The summed E-state index contributed by atoms with van der Waals surface area (Å²) in [5.41, 5.74) is 0. The topological polar surface area (TPSA) is 59.1 Å². The highest BCUT2D eigenvalue weighted by Gasteiger charge is 2.12. The van der Waals surface area contributed by atoms with Crippen molar-refractivity contribution >= 4 is 39.5 Å². The lowest BCUT2D eigenvalue weighted by molar-refractivity contribution is 0.101. The summed E-state index contributed by atoms with van der Waals surface area (Å²) in [5, 5.41) is 3.27. The monoisotopic (exact) mass is 266 g/mol. The number of carbonyl (C=O) groups excluding carboxylic acids is 2. The lowest BCUT2D eigenvalue weighted by atomic mass is 10.3. The van der Waals surface area contributed by atoms with Gasteiger partial charge in [0.2, 0.25) is 0 Å². The van der Waals surface area contributed by atoms with Gasteiger partial charge in [-0.2, -0.15) is 0 Å². The Kier molecular flexibility index (Phi) is 3.35. The van der Waals surface area contributed by atoms with Crippen molar-refractivity contribution < 1.29 is 9.59 Å². The molecule has 6 heteroatoms. The Balaban J connectivity index is 2.11. The number of ketones is 1. The van der Waals surface area contributed by atoms with E-state index in [0.717, 1.165) is 4.88 Å². The maximum absolute atomic E-state index is 11.8. The number of aromatic nitrogens is 1. The van der Waals surface area contributed by atoms with Gasteiger partial charge in [0.15, 0.2) is 10.9 Å². The number of carbonyl (C=O) groups is 2. The highest BCUT2D eigenvalue weighted by Crippen LogP contribution is 2.21. The van der Waals surface area contributed by atoms with Gasteiger partial charge in [-0.3, -0.25) is 14.9 Å². The number of hydrogen-bond acceptors (Lipinski definition) is 5. The molecule has 2 aromatic rings. The Labute approximate surface area is 106 Å². The third-order valence-electron chi connectivity index (χ3n) is 2.02. The van der Waals surface area contributed by atoms with Crippen LogP contribution in [0.1, 0.15) is 31.1 Å². The van der Waals surface area contributed by atoms with E-state index >= 15 is 0 Å². The Morgan fingerprint density at radius 3 is 2.47 bits per heavy atom. The first-order chi connectivity index (χ1) is 8.06. The van der Waals surface area contributed by atoms with Crippen LogP contribution in [-0.2, 0) is 0 Å². The van der Waals surface area contributed by atoms with E-state index in [4.69, 9.17) is 0 Å². The van der Waals surface area contributed by atoms with Crippen molar-refractivity contribution in [2.75, 3.05) is 5.32 Å². The fourth-order valence-electron chi connectivity index (χ4n) is 1.22. The second-order valence-corrected chi connectivity index (χ2v) is 5.77. The van der Waals surface area contributed by atoms with E-state index in [2.05, 4.69) is 10.3 Å². The van der Waals surface area contributed by atoms with Crippen molar-refractivity contribution in [2.24, 2.45) is 0 Å². The van der Waals surface area contributed by atoms with Gasteiger partial charge in [-0.15, -0.1) is 22.7 Å². The predicted octanol–water partition coefficient (Wildman–Crippen LogP) is 2.97. The number of Topliss-reactive ketones (excluding diaryl/α,β-unsaturated/α-hetero) is 1. The van der Waals surface area contributed by atoms with Gasteiger partial charge in [0.1, 0.15) is 0 Å². The average Bonchev–Trinajstić information content (AvgIpc) is 2.86. The number of nitrogens with zero attached hydrogens (tertiary/aromatic N) is 1. The van der Waals surface area contributed by atoms with Crippen molar-refractivity contribution in [2.45, 2.75) is 13.8 Å². The van der Waals surface area contributed by atoms with Crippen LogP contribution in [0.15, 0.2) is 18.3 Å². The molecule has 0 spiro atoms. The minimum Gasteiger partial charge on any atom is -0.297 e. The Hall–Kier alpha value is -1.53. The molecular formula is C11H10N2O2S2. The molecule has 0 unspecified atom stereocenters. The highest BCUT2D eigenvalue weighted by molar-refractivity contribution is 7.17. The van der Waals surface area contributed by atoms with Crippen molar-refractivity contribution in [3.05, 3.63) is 33.0 Å². The SMILES string of the molecule is CC(=O)c1ccc(C(=O)Nc2ncc(C)s2)s1. The van der Waals surface area contributed by atoms with E-state index in [1.807, 2.05) is 6.92 Å². The van der Waals surface area contributed by atoms with E-state index in [9.17, 15) is 9.59 Å². The van der Waals surface area contributed by atoms with Crippen molar-refractivity contribution in [3.63, 3.8) is 0 Å². The zero-order chi connectivity index (χ0) is 12.4. The number of aryl methyl sites for hydroxylation is 1. The van der Waals surface area contributed by atoms with Gasteiger partial charge in [-0.1, -0.05) is 0 Å². The van der Waals surface area contributed by atoms with Crippen LogP contribution in [0.25, 0.3) is 0 Å². The summed E-state index contributed by atoms with van der Waals surface area (Å²) in [6.07, 6.45) is 1.70. The zero-order valence-corrected chi connectivity index (χ0v) is 10.9. The Bertz CT molecular complexity index is 572. The van der Waals surface area contributed by atoms with Crippen LogP contribution < -0.4 is 5.32 Å². The summed E-state index contributed by atoms with van der Waals surface area (Å²) in [6, 6.07) is 3.31. The lowest BCUT2D eigenvalue weighted by Crippen LogP contribution is -2.09. The molecule has 0 radical (unpaired) electrons. The maximum Gasteiger partial charge on any atom is 0.267 e. The lowest BCUT2D eigenvalue weighted by Gasteiger charge is -1.97. The summed E-state index contributed by atoms with van der Waals surface area (Å²) in [5.74, 6) is -0.254. The number of hydrogen-bond donors (Lipinski definition) is 1. The smallest absolute Gasteiger partial charge is 0.267 e. The standard InChI is InChI=1S/C11H10N2O2S2/c1-6-5-12-11(16-6)13-10(15)9-4-3-8(17-9)7(2)14/h3-5H,1-2H3,(H,12,13,15). The minimum absolute atomic E-state index is 0.0286. The normalized spacial score (nSPS) is 10.2. The molecule has 0 aliphatic heterocycles. The largest absolute Gasteiger partial charge is 0.297 e. The van der Waals surface area contributed by atoms with Gasteiger partial charge in [0.25, 0.3) is 5.91 Å². The molecule has 0 atom stereocenters. The molecule has 0 saturated carbocycles. The molecule has 1 N–H and O–H groups in total. The molecule has 2 rings (SSSR count). The molecule has 0 saturated heterocycles. The van der Waals surface area contributed by atoms with Crippen LogP contribution in [0.4, 0.5) is 5.13 Å². The molecule has 17 heavy (non-hydrogen) atoms. The molecule has 4 nitrogen and oxygen atoms in total. The predicted molar refractivity (Wildman–Crippen MR) is 69.1 cm³/mol. The fourth-order valence-corrected chi connectivity index (χ4v) is 2.68.